The van der Waals surface area contributed by atoms with Crippen molar-refractivity contribution in [2.45, 2.75) is 43.8 Å². The van der Waals surface area contributed by atoms with Crippen molar-refractivity contribution in [2.24, 2.45) is 0 Å². The Morgan fingerprint density at radius 3 is 2.36 bits per heavy atom. The summed E-state index contributed by atoms with van der Waals surface area (Å²) in [4.78, 5) is 16.7. The van der Waals surface area contributed by atoms with Crippen molar-refractivity contribution in [3.8, 4) is 5.69 Å². The van der Waals surface area contributed by atoms with Crippen LogP contribution in [0.25, 0.3) is 5.69 Å². The second-order valence-electron chi connectivity index (χ2n) is 7.42. The number of piperidine rings is 1. The molecule has 0 N–H and O–H groups in total. The molecule has 3 heterocycles. The third-order valence-corrected chi connectivity index (χ3v) is 6.30. The van der Waals surface area contributed by atoms with E-state index in [1.807, 2.05) is 9.47 Å². The third kappa shape index (κ3) is 4.55. The standard InChI is InChI=1S/C20H26FN5OS/c21-16-6-8-17(9-7-16)26-18(14-24-10-2-1-3-11-24)22-23-20(26)28-15-19(27)25-12-4-5-13-25/h6-9H,1-5,10-15H2. The lowest BCUT2D eigenvalue weighted by Crippen LogP contribution is -2.30. The summed E-state index contributed by atoms with van der Waals surface area (Å²) in [5.41, 5.74) is 0.828. The molecule has 1 amide bonds. The van der Waals surface area contributed by atoms with Crippen molar-refractivity contribution in [3.63, 3.8) is 0 Å². The molecule has 2 aliphatic rings. The molecule has 0 radical (unpaired) electrons. The first-order valence-electron chi connectivity index (χ1n) is 10.0. The van der Waals surface area contributed by atoms with Gasteiger partial charge < -0.3 is 4.90 Å². The van der Waals surface area contributed by atoms with Crippen LogP contribution in [0.1, 0.15) is 37.9 Å². The second-order valence-corrected chi connectivity index (χ2v) is 8.37. The fraction of sp³-hybridized carbons (Fsp3) is 0.550. The Bertz CT molecular complexity index is 797. The summed E-state index contributed by atoms with van der Waals surface area (Å²) in [6, 6.07) is 6.38. The molecule has 2 saturated heterocycles. The summed E-state index contributed by atoms with van der Waals surface area (Å²) in [7, 11) is 0. The largest absolute Gasteiger partial charge is 0.342 e. The number of carbonyl (C=O) groups is 1. The number of aromatic nitrogens is 3. The molecule has 8 heteroatoms. The predicted molar refractivity (Wildman–Crippen MR) is 107 cm³/mol. The summed E-state index contributed by atoms with van der Waals surface area (Å²) in [6.45, 7) is 4.54. The van der Waals surface area contributed by atoms with Gasteiger partial charge in [0.1, 0.15) is 5.82 Å². The van der Waals surface area contributed by atoms with Crippen LogP contribution in [0.5, 0.6) is 0 Å². The Hall–Kier alpha value is -1.93. The van der Waals surface area contributed by atoms with E-state index in [1.54, 1.807) is 12.1 Å². The minimum Gasteiger partial charge on any atom is -0.342 e. The lowest BCUT2D eigenvalue weighted by molar-refractivity contribution is -0.127. The molecule has 0 bridgehead atoms. The first kappa shape index (κ1) is 19.4. The summed E-state index contributed by atoms with van der Waals surface area (Å²) in [5, 5.41) is 9.47. The summed E-state index contributed by atoms with van der Waals surface area (Å²) >= 11 is 1.41. The molecule has 0 aliphatic carbocycles. The van der Waals surface area contributed by atoms with Gasteiger partial charge >= 0.3 is 0 Å². The van der Waals surface area contributed by atoms with Gasteiger partial charge in [-0.05, 0) is 63.0 Å². The number of hydrogen-bond donors (Lipinski definition) is 0. The van der Waals surface area contributed by atoms with E-state index in [4.69, 9.17) is 0 Å². The van der Waals surface area contributed by atoms with Gasteiger partial charge in [-0.2, -0.15) is 0 Å². The van der Waals surface area contributed by atoms with Crippen LogP contribution in [0, 0.1) is 5.82 Å². The van der Waals surface area contributed by atoms with Gasteiger partial charge in [-0.25, -0.2) is 4.39 Å². The van der Waals surface area contributed by atoms with Crippen LogP contribution < -0.4 is 0 Å². The zero-order valence-corrected chi connectivity index (χ0v) is 16.8. The van der Waals surface area contributed by atoms with Crippen LogP contribution in [0.15, 0.2) is 29.4 Å². The first-order valence-corrected chi connectivity index (χ1v) is 11.0. The number of hydrogen-bond acceptors (Lipinski definition) is 5. The van der Waals surface area contributed by atoms with Gasteiger partial charge in [0, 0.05) is 18.8 Å². The van der Waals surface area contributed by atoms with Crippen molar-refractivity contribution in [1.29, 1.82) is 0 Å². The van der Waals surface area contributed by atoms with E-state index in [2.05, 4.69) is 15.1 Å². The van der Waals surface area contributed by atoms with Crippen LogP contribution in [-0.4, -0.2) is 62.4 Å². The van der Waals surface area contributed by atoms with Gasteiger partial charge in [0.25, 0.3) is 0 Å². The van der Waals surface area contributed by atoms with Gasteiger partial charge in [0.2, 0.25) is 5.91 Å². The van der Waals surface area contributed by atoms with Crippen molar-refractivity contribution < 1.29 is 9.18 Å². The molecule has 2 fully saturated rings. The van der Waals surface area contributed by atoms with Gasteiger partial charge in [0.05, 0.1) is 12.3 Å². The molecule has 0 atom stereocenters. The van der Waals surface area contributed by atoms with Crippen molar-refractivity contribution in [2.75, 3.05) is 31.9 Å². The van der Waals surface area contributed by atoms with E-state index in [9.17, 15) is 9.18 Å². The maximum Gasteiger partial charge on any atom is 0.233 e. The number of rotatable bonds is 6. The molecule has 1 aromatic heterocycles. The Kier molecular flexibility index (Phi) is 6.26. The quantitative estimate of drug-likeness (QED) is 0.694. The maximum absolute atomic E-state index is 13.4. The zero-order valence-electron chi connectivity index (χ0n) is 16.0. The molecule has 2 aromatic rings. The molecule has 4 rings (SSSR count). The molecule has 0 saturated carbocycles. The summed E-state index contributed by atoms with van der Waals surface area (Å²) in [5.74, 6) is 1.06. The molecular formula is C20H26FN5OS. The molecule has 0 unspecified atom stereocenters. The van der Waals surface area contributed by atoms with Gasteiger partial charge in [-0.3, -0.25) is 14.3 Å². The maximum atomic E-state index is 13.4. The van der Waals surface area contributed by atoms with Crippen LogP contribution in [0.3, 0.4) is 0 Å². The molecular weight excluding hydrogens is 377 g/mol. The summed E-state index contributed by atoms with van der Waals surface area (Å²) in [6.07, 6.45) is 5.86. The second kappa shape index (κ2) is 9.05. The number of amides is 1. The Morgan fingerprint density at radius 1 is 0.964 bits per heavy atom. The Balaban J connectivity index is 1.54. The van der Waals surface area contributed by atoms with Crippen molar-refractivity contribution >= 4 is 17.7 Å². The van der Waals surface area contributed by atoms with E-state index in [0.29, 0.717) is 17.5 Å². The molecule has 2 aliphatic heterocycles. The van der Waals surface area contributed by atoms with Crippen LogP contribution in [0.4, 0.5) is 4.39 Å². The summed E-state index contributed by atoms with van der Waals surface area (Å²) < 4.78 is 15.4. The minimum absolute atomic E-state index is 0.147. The van der Waals surface area contributed by atoms with Gasteiger partial charge in [-0.15, -0.1) is 10.2 Å². The highest BCUT2D eigenvalue weighted by Crippen LogP contribution is 2.24. The number of benzene rings is 1. The van der Waals surface area contributed by atoms with Crippen molar-refractivity contribution in [3.05, 3.63) is 35.9 Å². The molecule has 150 valence electrons. The molecule has 1 aromatic carbocycles. The molecule has 6 nitrogen and oxygen atoms in total. The lowest BCUT2D eigenvalue weighted by atomic mass is 10.1. The molecule has 0 spiro atoms. The fourth-order valence-electron chi connectivity index (χ4n) is 3.85. The topological polar surface area (TPSA) is 54.3 Å². The smallest absolute Gasteiger partial charge is 0.233 e. The van der Waals surface area contributed by atoms with E-state index < -0.39 is 0 Å². The Labute approximate surface area is 169 Å². The number of nitrogens with zero attached hydrogens (tertiary/aromatic N) is 5. The SMILES string of the molecule is O=C(CSc1nnc(CN2CCCCC2)n1-c1ccc(F)cc1)N1CCCC1. The highest BCUT2D eigenvalue weighted by atomic mass is 32.2. The number of thioether (sulfide) groups is 1. The third-order valence-electron chi connectivity index (χ3n) is 5.38. The average molecular weight is 404 g/mol. The first-order chi connectivity index (χ1) is 13.7. The van der Waals surface area contributed by atoms with Crippen LogP contribution in [0.2, 0.25) is 0 Å². The highest BCUT2D eigenvalue weighted by molar-refractivity contribution is 7.99. The fourth-order valence-corrected chi connectivity index (χ4v) is 4.72. The number of likely N-dealkylation sites (tertiary alicyclic amines) is 2. The zero-order chi connectivity index (χ0) is 19.3. The van der Waals surface area contributed by atoms with Crippen LogP contribution >= 0.6 is 11.8 Å². The van der Waals surface area contributed by atoms with Crippen molar-refractivity contribution in [1.82, 2.24) is 24.6 Å². The van der Waals surface area contributed by atoms with E-state index in [0.717, 1.165) is 50.5 Å². The number of carbonyl (C=O) groups excluding carboxylic acids is 1. The average Bonchev–Trinajstić information content (AvgIpc) is 3.38. The van der Waals surface area contributed by atoms with E-state index >= 15 is 0 Å². The normalized spacial score (nSPS) is 18.0. The van der Waals surface area contributed by atoms with Gasteiger partial charge in [0.15, 0.2) is 11.0 Å². The van der Waals surface area contributed by atoms with Crippen LogP contribution in [-0.2, 0) is 11.3 Å². The van der Waals surface area contributed by atoms with E-state index in [1.165, 1.54) is 43.2 Å². The Morgan fingerprint density at radius 2 is 1.64 bits per heavy atom. The predicted octanol–water partition coefficient (Wildman–Crippen LogP) is 3.11. The lowest BCUT2D eigenvalue weighted by Gasteiger charge is -2.26. The van der Waals surface area contributed by atoms with E-state index in [-0.39, 0.29) is 11.7 Å². The monoisotopic (exact) mass is 403 g/mol. The number of halogens is 1. The highest BCUT2D eigenvalue weighted by Gasteiger charge is 2.22. The minimum atomic E-state index is -0.271. The molecule has 28 heavy (non-hydrogen) atoms. The van der Waals surface area contributed by atoms with Gasteiger partial charge in [-0.1, -0.05) is 18.2 Å².